The van der Waals surface area contributed by atoms with E-state index in [1.54, 1.807) is 0 Å². The average Bonchev–Trinajstić information content (AvgIpc) is 2.43. The molecule has 2 rings (SSSR count). The van der Waals surface area contributed by atoms with Gasteiger partial charge in [0.05, 0.1) is 4.48 Å². The quantitative estimate of drug-likeness (QED) is 0.477. The third-order valence-corrected chi connectivity index (χ3v) is 2.89. The number of halogens is 2. The SMILES string of the molecule is BrC1=C2OC2(Br)CC=C1. The number of rotatable bonds is 0. The molecule has 0 N–H and O–H groups in total. The van der Waals surface area contributed by atoms with Crippen LogP contribution in [0, 0.1) is 0 Å². The molecule has 1 aliphatic carbocycles. The van der Waals surface area contributed by atoms with Crippen molar-refractivity contribution in [2.24, 2.45) is 0 Å². The summed E-state index contributed by atoms with van der Waals surface area (Å²) >= 11 is 6.81. The molecular formula is C6H4Br2O. The summed E-state index contributed by atoms with van der Waals surface area (Å²) in [6.07, 6.45) is 5.04. The van der Waals surface area contributed by atoms with Crippen molar-refractivity contribution in [3.8, 4) is 0 Å². The number of epoxide rings is 1. The Morgan fingerprint density at radius 2 is 2.44 bits per heavy atom. The molecule has 0 bridgehead atoms. The largest absolute Gasteiger partial charge is 0.466 e. The molecule has 1 saturated heterocycles. The van der Waals surface area contributed by atoms with Crippen LogP contribution < -0.4 is 0 Å². The first-order valence-electron chi connectivity index (χ1n) is 2.67. The van der Waals surface area contributed by atoms with Gasteiger partial charge in [-0.25, -0.2) is 0 Å². The zero-order valence-corrected chi connectivity index (χ0v) is 7.70. The molecule has 0 radical (unpaired) electrons. The second-order valence-electron chi connectivity index (χ2n) is 2.11. The van der Waals surface area contributed by atoms with Crippen LogP contribution in [0.5, 0.6) is 0 Å². The fourth-order valence-corrected chi connectivity index (χ4v) is 2.30. The zero-order chi connectivity index (χ0) is 6.48. The van der Waals surface area contributed by atoms with Crippen molar-refractivity contribution in [1.82, 2.24) is 0 Å². The number of hydrogen-bond donors (Lipinski definition) is 0. The van der Waals surface area contributed by atoms with Crippen LogP contribution in [-0.4, -0.2) is 4.51 Å². The van der Waals surface area contributed by atoms with E-state index < -0.39 is 0 Å². The molecule has 0 amide bonds. The molecule has 3 heteroatoms. The van der Waals surface area contributed by atoms with Crippen molar-refractivity contribution in [2.75, 3.05) is 0 Å². The number of hydrogen-bond acceptors (Lipinski definition) is 1. The van der Waals surface area contributed by atoms with Crippen molar-refractivity contribution < 1.29 is 4.74 Å². The second kappa shape index (κ2) is 1.64. The molecule has 0 saturated carbocycles. The minimum atomic E-state index is -0.124. The van der Waals surface area contributed by atoms with Crippen molar-refractivity contribution in [1.29, 1.82) is 0 Å². The molecule has 1 nitrogen and oxygen atoms in total. The van der Waals surface area contributed by atoms with E-state index >= 15 is 0 Å². The molecule has 1 unspecified atom stereocenters. The molecule has 0 aromatic carbocycles. The van der Waals surface area contributed by atoms with Gasteiger partial charge in [-0.1, -0.05) is 6.08 Å². The number of ether oxygens (including phenoxy) is 1. The predicted octanol–water partition coefficient (Wildman–Crippen LogP) is 2.67. The summed E-state index contributed by atoms with van der Waals surface area (Å²) in [5.41, 5.74) is 0. The Labute approximate surface area is 70.0 Å². The molecule has 0 aromatic rings. The number of allylic oxidation sites excluding steroid dienone is 2. The summed E-state index contributed by atoms with van der Waals surface area (Å²) in [4.78, 5) is 0. The molecule has 2 aliphatic rings. The van der Waals surface area contributed by atoms with Gasteiger partial charge in [0, 0.05) is 6.42 Å². The van der Waals surface area contributed by atoms with Gasteiger partial charge in [-0.2, -0.15) is 0 Å². The summed E-state index contributed by atoms with van der Waals surface area (Å²) in [7, 11) is 0. The van der Waals surface area contributed by atoms with Crippen molar-refractivity contribution in [2.45, 2.75) is 10.9 Å². The molecule has 48 valence electrons. The molecule has 0 spiro atoms. The topological polar surface area (TPSA) is 12.5 Å². The van der Waals surface area contributed by atoms with Gasteiger partial charge in [-0.05, 0) is 37.9 Å². The molecular weight excluding hydrogens is 248 g/mol. The average molecular weight is 252 g/mol. The zero-order valence-electron chi connectivity index (χ0n) is 4.53. The van der Waals surface area contributed by atoms with Gasteiger partial charge >= 0.3 is 0 Å². The highest BCUT2D eigenvalue weighted by molar-refractivity contribution is 9.12. The lowest BCUT2D eigenvalue weighted by Gasteiger charge is -1.96. The van der Waals surface area contributed by atoms with E-state index in [1.165, 1.54) is 0 Å². The van der Waals surface area contributed by atoms with Crippen LogP contribution in [0.3, 0.4) is 0 Å². The Morgan fingerprint density at radius 3 is 3.00 bits per heavy atom. The number of fused-ring (bicyclic) bond motifs is 1. The van der Waals surface area contributed by atoms with E-state index in [4.69, 9.17) is 4.74 Å². The fraction of sp³-hybridized carbons (Fsp3) is 0.333. The maximum atomic E-state index is 5.26. The van der Waals surface area contributed by atoms with Gasteiger partial charge < -0.3 is 4.74 Å². The first-order chi connectivity index (χ1) is 4.22. The van der Waals surface area contributed by atoms with Crippen LogP contribution >= 0.6 is 31.9 Å². The van der Waals surface area contributed by atoms with E-state index in [2.05, 4.69) is 37.9 Å². The molecule has 9 heavy (non-hydrogen) atoms. The summed E-state index contributed by atoms with van der Waals surface area (Å²) in [5.74, 6) is 1.03. The molecule has 0 aromatic heterocycles. The van der Waals surface area contributed by atoms with Crippen LogP contribution in [0.4, 0.5) is 0 Å². The van der Waals surface area contributed by atoms with E-state index in [0.717, 1.165) is 16.7 Å². The summed E-state index contributed by atoms with van der Waals surface area (Å²) in [6, 6.07) is 0. The minimum Gasteiger partial charge on any atom is -0.466 e. The van der Waals surface area contributed by atoms with Crippen molar-refractivity contribution in [3.63, 3.8) is 0 Å². The van der Waals surface area contributed by atoms with Crippen LogP contribution in [0.15, 0.2) is 22.4 Å². The Morgan fingerprint density at radius 1 is 1.67 bits per heavy atom. The Hall–Kier alpha value is 0.240. The second-order valence-corrected chi connectivity index (χ2v) is 4.25. The minimum absolute atomic E-state index is 0.124. The number of alkyl halides is 1. The maximum absolute atomic E-state index is 5.26. The molecule has 1 atom stereocenters. The Bertz CT molecular complexity index is 219. The highest BCUT2D eigenvalue weighted by Gasteiger charge is 2.52. The normalized spacial score (nSPS) is 38.0. The summed E-state index contributed by atoms with van der Waals surface area (Å²) < 4.78 is 6.20. The van der Waals surface area contributed by atoms with Crippen LogP contribution in [0.2, 0.25) is 0 Å². The lowest BCUT2D eigenvalue weighted by molar-refractivity contribution is 0.410. The molecule has 1 aliphatic heterocycles. The van der Waals surface area contributed by atoms with E-state index in [9.17, 15) is 0 Å². The highest BCUT2D eigenvalue weighted by Crippen LogP contribution is 2.54. The van der Waals surface area contributed by atoms with Gasteiger partial charge in [-0.15, -0.1) is 0 Å². The third-order valence-electron chi connectivity index (χ3n) is 1.42. The van der Waals surface area contributed by atoms with Gasteiger partial charge in [-0.3, -0.25) is 0 Å². The van der Waals surface area contributed by atoms with E-state index in [1.807, 2.05) is 6.08 Å². The van der Waals surface area contributed by atoms with Crippen molar-refractivity contribution in [3.05, 3.63) is 22.4 Å². The monoisotopic (exact) mass is 250 g/mol. The standard InChI is InChI=1S/C6H4Br2O/c7-4-2-1-3-6(8)5(4)9-6/h1-2H,3H2. The van der Waals surface area contributed by atoms with Gasteiger partial charge in [0.25, 0.3) is 0 Å². The van der Waals surface area contributed by atoms with Crippen LogP contribution in [-0.2, 0) is 4.74 Å². The fourth-order valence-electron chi connectivity index (χ4n) is 0.887. The summed E-state index contributed by atoms with van der Waals surface area (Å²) in [6.45, 7) is 0. The van der Waals surface area contributed by atoms with Gasteiger partial charge in [0.1, 0.15) is 0 Å². The molecule has 1 fully saturated rings. The predicted molar refractivity (Wildman–Crippen MR) is 42.5 cm³/mol. The van der Waals surface area contributed by atoms with Gasteiger partial charge in [0.15, 0.2) is 5.76 Å². The van der Waals surface area contributed by atoms with Crippen LogP contribution in [0.25, 0.3) is 0 Å². The lowest BCUT2D eigenvalue weighted by atomic mass is 10.2. The smallest absolute Gasteiger partial charge is 0.224 e. The van der Waals surface area contributed by atoms with E-state index in [-0.39, 0.29) is 4.51 Å². The highest BCUT2D eigenvalue weighted by atomic mass is 79.9. The van der Waals surface area contributed by atoms with E-state index in [0.29, 0.717) is 0 Å². The Kier molecular flexibility index (Phi) is 1.09. The van der Waals surface area contributed by atoms with Crippen LogP contribution in [0.1, 0.15) is 6.42 Å². The summed E-state index contributed by atoms with van der Waals surface area (Å²) in [5, 5.41) is 0. The molecule has 1 heterocycles. The Balaban J connectivity index is 2.41. The first-order valence-corrected chi connectivity index (χ1v) is 4.26. The van der Waals surface area contributed by atoms with Gasteiger partial charge in [0.2, 0.25) is 4.51 Å². The third kappa shape index (κ3) is 0.783. The maximum Gasteiger partial charge on any atom is 0.224 e. The first kappa shape index (κ1) is 5.98. The van der Waals surface area contributed by atoms with Crippen molar-refractivity contribution >= 4 is 31.9 Å². The lowest BCUT2D eigenvalue weighted by Crippen LogP contribution is -1.97.